The van der Waals surface area contributed by atoms with Crippen molar-refractivity contribution in [3.8, 4) is 0 Å². The molecule has 2 aliphatic rings. The molecule has 1 saturated heterocycles. The first kappa shape index (κ1) is 34.0. The largest absolute Gasteiger partial charge is 0.411 e. The molecule has 1 heterocycles. The first-order chi connectivity index (χ1) is 20.2. The second-order valence-corrected chi connectivity index (χ2v) is 20.5. The van der Waals surface area contributed by atoms with Gasteiger partial charge in [-0.1, -0.05) is 82.3 Å². The Balaban J connectivity index is 1.69. The van der Waals surface area contributed by atoms with Crippen molar-refractivity contribution in [2.45, 2.75) is 112 Å². The highest BCUT2D eigenvalue weighted by atomic mass is 32.2. The van der Waals surface area contributed by atoms with Crippen molar-refractivity contribution in [3.63, 3.8) is 0 Å². The smallest absolute Gasteiger partial charge is 0.192 e. The number of benzene rings is 2. The summed E-state index contributed by atoms with van der Waals surface area (Å²) < 4.78 is 54.2. The summed E-state index contributed by atoms with van der Waals surface area (Å²) in [6.07, 6.45) is -0.370. The number of aliphatic hydroxyl groups excluding tert-OH is 1. The number of aliphatic hydroxyl groups is 1. The molecule has 7 nitrogen and oxygen atoms in total. The third kappa shape index (κ3) is 7.35. The maximum atomic E-state index is 14.4. The van der Waals surface area contributed by atoms with Crippen LogP contribution in [-0.4, -0.2) is 64.7 Å². The summed E-state index contributed by atoms with van der Waals surface area (Å²) in [4.78, 5) is 0.187. The van der Waals surface area contributed by atoms with Gasteiger partial charge in [0.2, 0.25) is 0 Å². The zero-order valence-corrected chi connectivity index (χ0v) is 28.5. The van der Waals surface area contributed by atoms with Crippen LogP contribution >= 0.6 is 0 Å². The van der Waals surface area contributed by atoms with Crippen LogP contribution < -0.4 is 0 Å². The van der Waals surface area contributed by atoms with Crippen LogP contribution in [0.4, 0.5) is 0 Å². The maximum absolute atomic E-state index is 14.4. The van der Waals surface area contributed by atoms with E-state index in [2.05, 4.69) is 40.4 Å². The van der Waals surface area contributed by atoms with Crippen LogP contribution in [0, 0.1) is 11.8 Å². The molecule has 3 unspecified atom stereocenters. The molecule has 1 aliphatic carbocycles. The molecular formula is C34H50O7SSi. The molecule has 2 aromatic rings. The topological polar surface area (TPSA) is 91.3 Å². The molecule has 2 fully saturated rings. The molecule has 0 amide bonds. The van der Waals surface area contributed by atoms with Gasteiger partial charge in [0.1, 0.15) is 0 Å². The lowest BCUT2D eigenvalue weighted by atomic mass is 9.79. The zero-order valence-electron chi connectivity index (χ0n) is 26.7. The minimum Gasteiger partial charge on any atom is -0.411 e. The number of hydrogen-bond donors (Lipinski definition) is 1. The van der Waals surface area contributed by atoms with E-state index in [0.717, 1.165) is 5.56 Å². The van der Waals surface area contributed by atoms with E-state index in [9.17, 15) is 13.5 Å². The van der Waals surface area contributed by atoms with E-state index < -0.39 is 48.0 Å². The fourth-order valence-corrected chi connectivity index (χ4v) is 9.73. The standard InChI is InChI=1S/C34H50O7SSi/c1-9-27-23(2)31(40-33(39-27)24-16-12-10-13-17-24)30(35)32(42(36,37)26-18-14-11-15-19-26)25-20-21-28(29(22-25)38-6)41-43(7,8)34(3,4)5/h9-19,23,25,27-33,35H,1,20-22H2,2-8H3/t23-,25-,27+,28-,29-,30?,31+,32?,33?/m1/s1. The molecule has 4 rings (SSSR count). The van der Waals surface area contributed by atoms with Crippen molar-refractivity contribution in [3.05, 3.63) is 78.9 Å². The van der Waals surface area contributed by atoms with Gasteiger partial charge in [-0.3, -0.25) is 0 Å². The second kappa shape index (κ2) is 13.6. The lowest BCUT2D eigenvalue weighted by Crippen LogP contribution is -2.56. The van der Waals surface area contributed by atoms with Gasteiger partial charge >= 0.3 is 0 Å². The molecule has 1 saturated carbocycles. The first-order valence-corrected chi connectivity index (χ1v) is 19.8. The van der Waals surface area contributed by atoms with Crippen molar-refractivity contribution in [2.24, 2.45) is 11.8 Å². The molecule has 238 valence electrons. The lowest BCUT2D eigenvalue weighted by Gasteiger charge is -2.47. The maximum Gasteiger partial charge on any atom is 0.192 e. The highest BCUT2D eigenvalue weighted by molar-refractivity contribution is 7.92. The van der Waals surface area contributed by atoms with E-state index in [-0.39, 0.29) is 34.0 Å². The van der Waals surface area contributed by atoms with Gasteiger partial charge in [0.25, 0.3) is 0 Å². The number of hydrogen-bond acceptors (Lipinski definition) is 7. The Bertz CT molecular complexity index is 1300. The average molecular weight is 631 g/mol. The summed E-state index contributed by atoms with van der Waals surface area (Å²) in [5, 5.41) is 11.1. The molecule has 9 atom stereocenters. The van der Waals surface area contributed by atoms with E-state index in [4.69, 9.17) is 18.6 Å². The molecule has 9 heteroatoms. The molecular weight excluding hydrogens is 581 g/mol. The van der Waals surface area contributed by atoms with Crippen molar-refractivity contribution < 1.29 is 32.2 Å². The van der Waals surface area contributed by atoms with Crippen LogP contribution in [-0.2, 0) is 28.5 Å². The van der Waals surface area contributed by atoms with Crippen molar-refractivity contribution in [1.29, 1.82) is 0 Å². The quantitative estimate of drug-likeness (QED) is 0.231. The van der Waals surface area contributed by atoms with E-state index in [0.29, 0.717) is 19.3 Å². The van der Waals surface area contributed by atoms with Gasteiger partial charge in [0.15, 0.2) is 24.4 Å². The SMILES string of the molecule is C=C[C@@H]1OC(c2ccccc2)O[C@H](C(O)C([C@@H]2CC[C@@H](O[Si](C)(C)C(C)(C)C)[C@H](OC)C2)S(=O)(=O)c2ccccc2)[C@@H]1C. The molecule has 0 aromatic heterocycles. The Morgan fingerprint density at radius 3 is 2.16 bits per heavy atom. The molecule has 2 aromatic carbocycles. The predicted molar refractivity (Wildman–Crippen MR) is 172 cm³/mol. The molecule has 1 N–H and O–H groups in total. The van der Waals surface area contributed by atoms with Crippen LogP contribution in [0.5, 0.6) is 0 Å². The van der Waals surface area contributed by atoms with E-state index >= 15 is 0 Å². The summed E-state index contributed by atoms with van der Waals surface area (Å²) in [5.41, 5.74) is 0.795. The van der Waals surface area contributed by atoms with Crippen molar-refractivity contribution >= 4 is 18.2 Å². The summed E-state index contributed by atoms with van der Waals surface area (Å²) in [5.74, 6) is -0.710. The van der Waals surface area contributed by atoms with Crippen LogP contribution in [0.15, 0.2) is 78.2 Å². The first-order valence-electron chi connectivity index (χ1n) is 15.4. The molecule has 0 spiro atoms. The minimum atomic E-state index is -3.97. The number of rotatable bonds is 10. The highest BCUT2D eigenvalue weighted by Gasteiger charge is 2.51. The highest BCUT2D eigenvalue weighted by Crippen LogP contribution is 2.44. The number of ether oxygens (including phenoxy) is 3. The second-order valence-electron chi connectivity index (χ2n) is 13.6. The van der Waals surface area contributed by atoms with Crippen molar-refractivity contribution in [1.82, 2.24) is 0 Å². The van der Waals surface area contributed by atoms with Gasteiger partial charge in [0, 0.05) is 18.6 Å². The van der Waals surface area contributed by atoms with E-state index in [1.807, 2.05) is 37.3 Å². The Hall–Kier alpha value is -1.85. The van der Waals surface area contributed by atoms with Crippen LogP contribution in [0.1, 0.15) is 58.8 Å². The molecule has 43 heavy (non-hydrogen) atoms. The fraction of sp³-hybridized carbons (Fsp3) is 0.588. The van der Waals surface area contributed by atoms with E-state index in [1.54, 1.807) is 43.5 Å². The lowest BCUT2D eigenvalue weighted by molar-refractivity contribution is -0.278. The van der Waals surface area contributed by atoms with Gasteiger partial charge in [0.05, 0.1) is 40.7 Å². The normalized spacial score (nSPS) is 30.4. The molecule has 0 radical (unpaired) electrons. The van der Waals surface area contributed by atoms with Gasteiger partial charge in [-0.2, -0.15) is 0 Å². The zero-order chi connectivity index (χ0) is 31.6. The Morgan fingerprint density at radius 2 is 1.60 bits per heavy atom. The van der Waals surface area contributed by atoms with Crippen LogP contribution in [0.3, 0.4) is 0 Å². The minimum absolute atomic E-state index is 0.0328. The van der Waals surface area contributed by atoms with E-state index in [1.165, 1.54) is 0 Å². The third-order valence-electron chi connectivity index (χ3n) is 9.80. The van der Waals surface area contributed by atoms with Gasteiger partial charge < -0.3 is 23.7 Å². The Morgan fingerprint density at radius 1 is 1.00 bits per heavy atom. The summed E-state index contributed by atoms with van der Waals surface area (Å²) in [6.45, 7) is 16.9. The predicted octanol–water partition coefficient (Wildman–Crippen LogP) is 6.70. The number of methoxy groups -OCH3 is 1. The molecule has 0 bridgehead atoms. The third-order valence-corrected chi connectivity index (χ3v) is 16.6. The fourth-order valence-electron chi connectivity index (χ4n) is 6.22. The summed E-state index contributed by atoms with van der Waals surface area (Å²) in [7, 11) is -4.40. The van der Waals surface area contributed by atoms with Gasteiger partial charge in [-0.05, 0) is 55.4 Å². The average Bonchev–Trinajstić information content (AvgIpc) is 2.98. The summed E-state index contributed by atoms with van der Waals surface area (Å²) in [6, 6.07) is 17.9. The summed E-state index contributed by atoms with van der Waals surface area (Å²) >= 11 is 0. The number of sulfone groups is 1. The monoisotopic (exact) mass is 630 g/mol. The van der Waals surface area contributed by atoms with Crippen molar-refractivity contribution in [2.75, 3.05) is 7.11 Å². The molecule has 1 aliphatic heterocycles. The van der Waals surface area contributed by atoms with Crippen LogP contribution in [0.2, 0.25) is 18.1 Å². The van der Waals surface area contributed by atoms with Gasteiger partial charge in [-0.15, -0.1) is 6.58 Å². The Labute approximate surface area is 259 Å². The Kier molecular flexibility index (Phi) is 10.8. The van der Waals surface area contributed by atoms with Gasteiger partial charge in [-0.25, -0.2) is 8.42 Å². The van der Waals surface area contributed by atoms with Crippen LogP contribution in [0.25, 0.3) is 0 Å².